The lowest BCUT2D eigenvalue weighted by Gasteiger charge is -2.27. The smallest absolute Gasteiger partial charge is 0.130 e. The van der Waals surface area contributed by atoms with Gasteiger partial charge in [0.25, 0.3) is 0 Å². The standard InChI is InChI=1S/C18H24N4O/c1-12-20-14(8-9-19)11-18(21-12)22-17-5-3-4-13-10-15(23-2)6-7-16(13)17/h6-7,10-11,17H,3-5,8-9,19H2,1-2H3,(H,20,21,22). The third-order valence-corrected chi connectivity index (χ3v) is 4.28. The molecule has 0 bridgehead atoms. The molecule has 1 aliphatic rings. The van der Waals surface area contributed by atoms with Crippen molar-refractivity contribution in [2.45, 2.75) is 38.6 Å². The second-order valence-electron chi connectivity index (χ2n) is 5.98. The number of anilines is 1. The van der Waals surface area contributed by atoms with E-state index in [1.165, 1.54) is 11.1 Å². The molecular weight excluding hydrogens is 288 g/mol. The normalized spacial score (nSPS) is 16.7. The Morgan fingerprint density at radius 2 is 2.17 bits per heavy atom. The number of nitrogens with zero attached hydrogens (tertiary/aromatic N) is 2. The van der Waals surface area contributed by atoms with Crippen LogP contribution in [0.1, 0.15) is 41.5 Å². The maximum atomic E-state index is 5.64. The number of rotatable bonds is 5. The number of fused-ring (bicyclic) bond motifs is 1. The van der Waals surface area contributed by atoms with Gasteiger partial charge in [-0.1, -0.05) is 6.07 Å². The molecule has 1 unspecified atom stereocenters. The molecule has 2 aromatic rings. The van der Waals surface area contributed by atoms with Crippen molar-refractivity contribution >= 4 is 5.82 Å². The topological polar surface area (TPSA) is 73.1 Å². The number of aromatic nitrogens is 2. The molecule has 5 heteroatoms. The molecule has 1 aromatic carbocycles. The number of nitrogens with two attached hydrogens (primary N) is 1. The molecule has 1 aliphatic carbocycles. The van der Waals surface area contributed by atoms with Gasteiger partial charge in [0.2, 0.25) is 0 Å². The molecule has 3 rings (SSSR count). The molecule has 23 heavy (non-hydrogen) atoms. The Hall–Kier alpha value is -2.14. The van der Waals surface area contributed by atoms with Crippen LogP contribution in [-0.4, -0.2) is 23.6 Å². The summed E-state index contributed by atoms with van der Waals surface area (Å²) in [6.07, 6.45) is 4.15. The molecule has 0 saturated heterocycles. The van der Waals surface area contributed by atoms with E-state index in [9.17, 15) is 0 Å². The lowest BCUT2D eigenvalue weighted by Crippen LogP contribution is -2.18. The number of hydrogen-bond acceptors (Lipinski definition) is 5. The third-order valence-electron chi connectivity index (χ3n) is 4.28. The molecular formula is C18H24N4O. The first-order chi connectivity index (χ1) is 11.2. The Kier molecular flexibility index (Phi) is 4.76. The average Bonchev–Trinajstić information content (AvgIpc) is 2.54. The maximum absolute atomic E-state index is 5.64. The van der Waals surface area contributed by atoms with Crippen LogP contribution in [-0.2, 0) is 12.8 Å². The lowest BCUT2D eigenvalue weighted by molar-refractivity contribution is 0.413. The van der Waals surface area contributed by atoms with E-state index in [1.807, 2.05) is 19.1 Å². The summed E-state index contributed by atoms with van der Waals surface area (Å²) < 4.78 is 5.34. The molecule has 0 spiro atoms. The van der Waals surface area contributed by atoms with Crippen molar-refractivity contribution in [1.82, 2.24) is 9.97 Å². The highest BCUT2D eigenvalue weighted by atomic mass is 16.5. The van der Waals surface area contributed by atoms with E-state index in [1.54, 1.807) is 7.11 Å². The van der Waals surface area contributed by atoms with Crippen LogP contribution in [0.4, 0.5) is 5.82 Å². The highest BCUT2D eigenvalue weighted by molar-refractivity contribution is 5.45. The summed E-state index contributed by atoms with van der Waals surface area (Å²) in [5.41, 5.74) is 9.34. The second-order valence-corrected chi connectivity index (χ2v) is 5.98. The molecule has 5 nitrogen and oxygen atoms in total. The summed E-state index contributed by atoms with van der Waals surface area (Å²) in [6.45, 7) is 2.52. The van der Waals surface area contributed by atoms with Crippen molar-refractivity contribution in [2.24, 2.45) is 5.73 Å². The number of hydrogen-bond donors (Lipinski definition) is 2. The van der Waals surface area contributed by atoms with Gasteiger partial charge in [-0.25, -0.2) is 9.97 Å². The van der Waals surface area contributed by atoms with E-state index in [2.05, 4.69) is 27.4 Å². The Morgan fingerprint density at radius 1 is 1.30 bits per heavy atom. The van der Waals surface area contributed by atoms with Crippen LogP contribution < -0.4 is 15.8 Å². The molecule has 3 N–H and O–H groups in total. The first-order valence-electron chi connectivity index (χ1n) is 8.17. The molecule has 1 heterocycles. The van der Waals surface area contributed by atoms with E-state index in [-0.39, 0.29) is 6.04 Å². The first kappa shape index (κ1) is 15.7. The fraction of sp³-hybridized carbons (Fsp3) is 0.444. The predicted molar refractivity (Wildman–Crippen MR) is 91.8 cm³/mol. The molecule has 1 aromatic heterocycles. The Balaban J connectivity index is 1.84. The fourth-order valence-corrected chi connectivity index (χ4v) is 3.23. The molecule has 0 amide bonds. The molecule has 122 valence electrons. The summed E-state index contributed by atoms with van der Waals surface area (Å²) >= 11 is 0. The van der Waals surface area contributed by atoms with E-state index >= 15 is 0 Å². The van der Waals surface area contributed by atoms with E-state index in [4.69, 9.17) is 10.5 Å². The SMILES string of the molecule is COc1ccc2c(c1)CCCC2Nc1cc(CCN)nc(C)n1. The van der Waals surface area contributed by atoms with Gasteiger partial charge < -0.3 is 15.8 Å². The van der Waals surface area contributed by atoms with Gasteiger partial charge in [0.05, 0.1) is 13.2 Å². The van der Waals surface area contributed by atoms with Crippen LogP contribution in [0, 0.1) is 6.92 Å². The van der Waals surface area contributed by atoms with Crippen molar-refractivity contribution in [3.63, 3.8) is 0 Å². The minimum atomic E-state index is 0.282. The van der Waals surface area contributed by atoms with Crippen molar-refractivity contribution in [3.8, 4) is 5.75 Å². The first-order valence-corrected chi connectivity index (χ1v) is 8.17. The molecule has 0 saturated carbocycles. The average molecular weight is 312 g/mol. The van der Waals surface area contributed by atoms with Crippen LogP contribution in [0.2, 0.25) is 0 Å². The van der Waals surface area contributed by atoms with E-state index < -0.39 is 0 Å². The van der Waals surface area contributed by atoms with Gasteiger partial charge >= 0.3 is 0 Å². The van der Waals surface area contributed by atoms with Crippen LogP contribution in [0.3, 0.4) is 0 Å². The predicted octanol–water partition coefficient (Wildman–Crippen LogP) is 2.78. The summed E-state index contributed by atoms with van der Waals surface area (Å²) in [7, 11) is 1.71. The monoisotopic (exact) mass is 312 g/mol. The molecule has 1 atom stereocenters. The highest BCUT2D eigenvalue weighted by Gasteiger charge is 2.21. The largest absolute Gasteiger partial charge is 0.497 e. The van der Waals surface area contributed by atoms with Gasteiger partial charge in [-0.2, -0.15) is 0 Å². The van der Waals surface area contributed by atoms with Crippen LogP contribution in [0.25, 0.3) is 0 Å². The molecule has 0 radical (unpaired) electrons. The summed E-state index contributed by atoms with van der Waals surface area (Å²) in [5.74, 6) is 2.59. The highest BCUT2D eigenvalue weighted by Crippen LogP contribution is 2.34. The minimum Gasteiger partial charge on any atom is -0.497 e. The number of ether oxygens (including phenoxy) is 1. The number of benzene rings is 1. The van der Waals surface area contributed by atoms with Gasteiger partial charge in [0.15, 0.2) is 0 Å². The lowest BCUT2D eigenvalue weighted by atomic mass is 9.87. The zero-order valence-electron chi connectivity index (χ0n) is 13.8. The van der Waals surface area contributed by atoms with Gasteiger partial charge in [-0.15, -0.1) is 0 Å². The van der Waals surface area contributed by atoms with Gasteiger partial charge in [0.1, 0.15) is 17.4 Å². The van der Waals surface area contributed by atoms with Gasteiger partial charge in [0, 0.05) is 18.2 Å². The van der Waals surface area contributed by atoms with Crippen LogP contribution in [0.5, 0.6) is 5.75 Å². The number of methoxy groups -OCH3 is 1. The Labute approximate surface area is 137 Å². The summed E-state index contributed by atoms with van der Waals surface area (Å²) in [5, 5.41) is 3.58. The van der Waals surface area contributed by atoms with Crippen LogP contribution in [0.15, 0.2) is 24.3 Å². The summed E-state index contributed by atoms with van der Waals surface area (Å²) in [6, 6.07) is 8.64. The zero-order chi connectivity index (χ0) is 16.2. The van der Waals surface area contributed by atoms with Crippen molar-refractivity contribution in [2.75, 3.05) is 19.0 Å². The Morgan fingerprint density at radius 3 is 2.96 bits per heavy atom. The summed E-state index contributed by atoms with van der Waals surface area (Å²) in [4.78, 5) is 8.97. The van der Waals surface area contributed by atoms with E-state index in [0.29, 0.717) is 6.54 Å². The fourth-order valence-electron chi connectivity index (χ4n) is 3.23. The molecule has 0 fully saturated rings. The molecule has 0 aliphatic heterocycles. The second kappa shape index (κ2) is 6.96. The van der Waals surface area contributed by atoms with Gasteiger partial charge in [-0.3, -0.25) is 0 Å². The maximum Gasteiger partial charge on any atom is 0.130 e. The zero-order valence-corrected chi connectivity index (χ0v) is 13.8. The quantitative estimate of drug-likeness (QED) is 0.888. The van der Waals surface area contributed by atoms with Crippen molar-refractivity contribution < 1.29 is 4.74 Å². The number of aryl methyl sites for hydroxylation is 2. The number of nitrogens with one attached hydrogen (secondary N) is 1. The third kappa shape index (κ3) is 3.62. The van der Waals surface area contributed by atoms with Crippen LogP contribution >= 0.6 is 0 Å². The Bertz CT molecular complexity index is 687. The van der Waals surface area contributed by atoms with Crippen molar-refractivity contribution in [3.05, 3.63) is 46.9 Å². The van der Waals surface area contributed by atoms with E-state index in [0.717, 1.165) is 48.8 Å². The minimum absolute atomic E-state index is 0.282. The van der Waals surface area contributed by atoms with Crippen molar-refractivity contribution in [1.29, 1.82) is 0 Å². The van der Waals surface area contributed by atoms with Gasteiger partial charge in [-0.05, 0) is 56.0 Å².